The van der Waals surface area contributed by atoms with Crippen molar-refractivity contribution in [3.05, 3.63) is 28.2 Å². The Morgan fingerprint density at radius 1 is 1.42 bits per heavy atom. The Morgan fingerprint density at radius 2 is 2.25 bits per heavy atom. The fourth-order valence-electron chi connectivity index (χ4n) is 1.37. The van der Waals surface area contributed by atoms with Crippen molar-refractivity contribution in [3.63, 3.8) is 0 Å². The number of nitrogens with one attached hydrogen (secondary N) is 1. The van der Waals surface area contributed by atoms with E-state index in [1.165, 1.54) is 0 Å². The summed E-state index contributed by atoms with van der Waals surface area (Å²) in [6.45, 7) is 0.744. The van der Waals surface area contributed by atoms with Gasteiger partial charge in [-0.1, -0.05) is 6.07 Å². The quantitative estimate of drug-likeness (QED) is 0.736. The van der Waals surface area contributed by atoms with E-state index in [0.29, 0.717) is 6.42 Å². The second-order valence-electron chi connectivity index (χ2n) is 2.76. The van der Waals surface area contributed by atoms with E-state index in [-0.39, 0.29) is 5.78 Å². The van der Waals surface area contributed by atoms with Crippen LogP contribution >= 0.6 is 15.9 Å². The van der Waals surface area contributed by atoms with Gasteiger partial charge in [0.15, 0.2) is 5.78 Å². The highest BCUT2D eigenvalue weighted by Crippen LogP contribution is 2.29. The van der Waals surface area contributed by atoms with Crippen LogP contribution in [0.2, 0.25) is 0 Å². The molecule has 0 fully saturated rings. The molecule has 1 aliphatic rings. The number of fused-ring (bicyclic) bond motifs is 1. The van der Waals surface area contributed by atoms with Gasteiger partial charge in [-0.25, -0.2) is 0 Å². The molecule has 12 heavy (non-hydrogen) atoms. The summed E-state index contributed by atoms with van der Waals surface area (Å²) in [6.07, 6.45) is 0.601. The molecule has 0 aromatic heterocycles. The van der Waals surface area contributed by atoms with Gasteiger partial charge in [0.05, 0.1) is 5.69 Å². The van der Waals surface area contributed by atoms with Crippen LogP contribution in [-0.4, -0.2) is 12.3 Å². The van der Waals surface area contributed by atoms with Crippen LogP contribution < -0.4 is 5.32 Å². The van der Waals surface area contributed by atoms with Gasteiger partial charge in [0, 0.05) is 23.0 Å². The summed E-state index contributed by atoms with van der Waals surface area (Å²) in [7, 11) is 0. The molecule has 0 bridgehead atoms. The molecule has 0 atom stereocenters. The van der Waals surface area contributed by atoms with Gasteiger partial charge in [-0.2, -0.15) is 0 Å². The molecule has 0 saturated heterocycles. The zero-order valence-electron chi connectivity index (χ0n) is 6.43. The van der Waals surface area contributed by atoms with Crippen LogP contribution in [0.3, 0.4) is 0 Å². The third kappa shape index (κ3) is 1.14. The summed E-state index contributed by atoms with van der Waals surface area (Å²) >= 11 is 3.39. The number of para-hydroxylation sites is 1. The Labute approximate surface area is 79.1 Å². The molecule has 0 aliphatic carbocycles. The Balaban J connectivity index is 2.59. The number of carbonyl (C=O) groups excluding carboxylic acids is 1. The monoisotopic (exact) mass is 225 g/mol. The summed E-state index contributed by atoms with van der Waals surface area (Å²) in [5.74, 6) is 0.227. The van der Waals surface area contributed by atoms with Crippen molar-refractivity contribution in [2.24, 2.45) is 0 Å². The van der Waals surface area contributed by atoms with E-state index in [1.54, 1.807) is 0 Å². The van der Waals surface area contributed by atoms with Crippen LogP contribution in [-0.2, 0) is 0 Å². The molecule has 0 unspecified atom stereocenters. The first kappa shape index (κ1) is 7.80. The minimum absolute atomic E-state index is 0.227. The van der Waals surface area contributed by atoms with Crippen molar-refractivity contribution in [3.8, 4) is 0 Å². The molecule has 0 saturated carbocycles. The largest absolute Gasteiger partial charge is 0.383 e. The number of rotatable bonds is 0. The van der Waals surface area contributed by atoms with E-state index in [1.807, 2.05) is 18.2 Å². The minimum Gasteiger partial charge on any atom is -0.383 e. The molecule has 1 aromatic carbocycles. The SMILES string of the molecule is O=C1CCNc2c(Br)cccc21. The number of carbonyl (C=O) groups is 1. The number of halogens is 1. The zero-order valence-corrected chi connectivity index (χ0v) is 8.02. The predicted molar refractivity (Wildman–Crippen MR) is 51.6 cm³/mol. The van der Waals surface area contributed by atoms with Crippen molar-refractivity contribution in [1.29, 1.82) is 0 Å². The molecule has 0 spiro atoms. The van der Waals surface area contributed by atoms with E-state index in [0.717, 1.165) is 22.3 Å². The summed E-state index contributed by atoms with van der Waals surface area (Å²) < 4.78 is 0.966. The number of ketones is 1. The average molecular weight is 226 g/mol. The first-order valence-electron chi connectivity index (χ1n) is 3.84. The van der Waals surface area contributed by atoms with E-state index in [4.69, 9.17) is 0 Å². The standard InChI is InChI=1S/C9H8BrNO/c10-7-3-1-2-6-8(12)4-5-11-9(6)7/h1-3,11H,4-5H2. The minimum atomic E-state index is 0.227. The predicted octanol–water partition coefficient (Wildman–Crippen LogP) is 2.45. The molecular weight excluding hydrogens is 218 g/mol. The summed E-state index contributed by atoms with van der Waals surface area (Å²) in [4.78, 5) is 11.4. The number of hydrogen-bond donors (Lipinski definition) is 1. The molecule has 3 heteroatoms. The second-order valence-corrected chi connectivity index (χ2v) is 3.62. The maximum atomic E-state index is 11.4. The lowest BCUT2D eigenvalue weighted by atomic mass is 10.0. The van der Waals surface area contributed by atoms with Gasteiger partial charge in [-0.3, -0.25) is 4.79 Å². The van der Waals surface area contributed by atoms with Crippen molar-refractivity contribution in [2.45, 2.75) is 6.42 Å². The van der Waals surface area contributed by atoms with Crippen LogP contribution in [0.25, 0.3) is 0 Å². The Morgan fingerprint density at radius 3 is 3.00 bits per heavy atom. The molecule has 62 valence electrons. The maximum absolute atomic E-state index is 11.4. The third-order valence-electron chi connectivity index (χ3n) is 1.97. The van der Waals surface area contributed by atoms with Crippen molar-refractivity contribution in [1.82, 2.24) is 0 Å². The van der Waals surface area contributed by atoms with Crippen molar-refractivity contribution >= 4 is 27.4 Å². The van der Waals surface area contributed by atoms with Gasteiger partial charge < -0.3 is 5.32 Å². The molecular formula is C9H8BrNO. The van der Waals surface area contributed by atoms with Gasteiger partial charge in [-0.05, 0) is 28.1 Å². The van der Waals surface area contributed by atoms with Gasteiger partial charge in [0.1, 0.15) is 0 Å². The molecule has 1 aliphatic heterocycles. The van der Waals surface area contributed by atoms with Crippen LogP contribution in [0, 0.1) is 0 Å². The first-order chi connectivity index (χ1) is 5.79. The Hall–Kier alpha value is -0.830. The van der Waals surface area contributed by atoms with E-state index >= 15 is 0 Å². The molecule has 2 rings (SSSR count). The lowest BCUT2D eigenvalue weighted by Crippen LogP contribution is -2.17. The highest BCUT2D eigenvalue weighted by molar-refractivity contribution is 9.10. The highest BCUT2D eigenvalue weighted by atomic mass is 79.9. The number of anilines is 1. The average Bonchev–Trinajstić information content (AvgIpc) is 2.07. The summed E-state index contributed by atoms with van der Waals surface area (Å²) in [6, 6.07) is 5.67. The maximum Gasteiger partial charge on any atom is 0.166 e. The molecule has 0 radical (unpaired) electrons. The third-order valence-corrected chi connectivity index (χ3v) is 2.63. The molecule has 2 nitrogen and oxygen atoms in total. The van der Waals surface area contributed by atoms with E-state index < -0.39 is 0 Å². The number of hydrogen-bond acceptors (Lipinski definition) is 2. The summed E-state index contributed by atoms with van der Waals surface area (Å²) in [5, 5.41) is 3.19. The fourth-order valence-corrected chi connectivity index (χ4v) is 1.88. The number of Topliss-reactive ketones (excluding diaryl/α,β-unsaturated/α-hetero) is 1. The second kappa shape index (κ2) is 2.90. The fraction of sp³-hybridized carbons (Fsp3) is 0.222. The molecule has 1 aromatic rings. The highest BCUT2D eigenvalue weighted by Gasteiger charge is 2.17. The lowest BCUT2D eigenvalue weighted by molar-refractivity contribution is 0.0983. The smallest absolute Gasteiger partial charge is 0.166 e. The molecule has 0 amide bonds. The van der Waals surface area contributed by atoms with Crippen LogP contribution in [0.4, 0.5) is 5.69 Å². The van der Waals surface area contributed by atoms with Gasteiger partial charge in [-0.15, -0.1) is 0 Å². The van der Waals surface area contributed by atoms with Crippen LogP contribution in [0.1, 0.15) is 16.8 Å². The van der Waals surface area contributed by atoms with Crippen molar-refractivity contribution < 1.29 is 4.79 Å². The van der Waals surface area contributed by atoms with E-state index in [9.17, 15) is 4.79 Å². The van der Waals surface area contributed by atoms with Crippen LogP contribution in [0.15, 0.2) is 22.7 Å². The zero-order chi connectivity index (χ0) is 8.55. The van der Waals surface area contributed by atoms with Crippen LogP contribution in [0.5, 0.6) is 0 Å². The van der Waals surface area contributed by atoms with Gasteiger partial charge in [0.25, 0.3) is 0 Å². The molecule has 1 heterocycles. The summed E-state index contributed by atoms with van der Waals surface area (Å²) in [5.41, 5.74) is 1.74. The Kier molecular flexibility index (Phi) is 1.89. The number of benzene rings is 1. The topological polar surface area (TPSA) is 29.1 Å². The first-order valence-corrected chi connectivity index (χ1v) is 4.64. The normalized spacial score (nSPS) is 15.2. The van der Waals surface area contributed by atoms with Gasteiger partial charge >= 0.3 is 0 Å². The molecule has 1 N–H and O–H groups in total. The van der Waals surface area contributed by atoms with E-state index in [2.05, 4.69) is 21.2 Å². The van der Waals surface area contributed by atoms with Gasteiger partial charge in [0.2, 0.25) is 0 Å². The van der Waals surface area contributed by atoms with Crippen molar-refractivity contribution in [2.75, 3.05) is 11.9 Å². The Bertz CT molecular complexity index is 335. The lowest BCUT2D eigenvalue weighted by Gasteiger charge is -2.17.